The monoisotopic (exact) mass is 278 g/mol. The van der Waals surface area contributed by atoms with Crippen LogP contribution in [0.5, 0.6) is 11.5 Å². The summed E-state index contributed by atoms with van der Waals surface area (Å²) in [6.07, 6.45) is 1.46. The molecule has 2 N–H and O–H groups in total. The molecule has 0 radical (unpaired) electrons. The highest BCUT2D eigenvalue weighted by Gasteiger charge is 2.18. The molecule has 7 heteroatoms. The second kappa shape index (κ2) is 5.96. The first-order valence-electron chi connectivity index (χ1n) is 5.88. The number of nitrogens with one attached hydrogen (secondary N) is 1. The van der Waals surface area contributed by atoms with Gasteiger partial charge >= 0.3 is 12.0 Å². The minimum Gasteiger partial charge on any atom is -0.480 e. The number of nitrogens with zero attached hydrogens (tertiary/aromatic N) is 1. The van der Waals surface area contributed by atoms with Gasteiger partial charge in [0.1, 0.15) is 6.54 Å². The van der Waals surface area contributed by atoms with E-state index in [1.807, 2.05) is 0 Å². The van der Waals surface area contributed by atoms with Gasteiger partial charge in [-0.1, -0.05) is 6.08 Å². The van der Waals surface area contributed by atoms with Gasteiger partial charge in [-0.25, -0.2) is 4.79 Å². The Morgan fingerprint density at radius 1 is 1.40 bits per heavy atom. The Hall–Kier alpha value is -2.70. The fourth-order valence-electron chi connectivity index (χ4n) is 1.72. The summed E-state index contributed by atoms with van der Waals surface area (Å²) in [5, 5.41) is 11.4. The van der Waals surface area contributed by atoms with Gasteiger partial charge in [-0.05, 0) is 12.1 Å². The maximum absolute atomic E-state index is 12.0. The van der Waals surface area contributed by atoms with Crippen LogP contribution >= 0.6 is 0 Å². The van der Waals surface area contributed by atoms with Gasteiger partial charge in [-0.15, -0.1) is 6.58 Å². The van der Waals surface area contributed by atoms with Crippen LogP contribution in [0.1, 0.15) is 0 Å². The number of fused-ring (bicyclic) bond motifs is 1. The number of urea groups is 1. The number of carbonyl (C=O) groups excluding carboxylic acids is 1. The first-order valence-corrected chi connectivity index (χ1v) is 5.88. The fourth-order valence-corrected chi connectivity index (χ4v) is 1.72. The number of rotatable bonds is 5. The molecule has 1 aliphatic heterocycles. The molecular formula is C13H14N2O5. The van der Waals surface area contributed by atoms with E-state index < -0.39 is 18.5 Å². The number of hydrogen-bond acceptors (Lipinski definition) is 4. The summed E-state index contributed by atoms with van der Waals surface area (Å²) in [6, 6.07) is 4.42. The number of anilines is 1. The van der Waals surface area contributed by atoms with E-state index >= 15 is 0 Å². The van der Waals surface area contributed by atoms with Gasteiger partial charge < -0.3 is 24.8 Å². The van der Waals surface area contributed by atoms with Crippen LogP contribution in [0, 0.1) is 0 Å². The molecule has 7 nitrogen and oxygen atoms in total. The molecule has 0 fully saturated rings. The Morgan fingerprint density at radius 2 is 2.15 bits per heavy atom. The van der Waals surface area contributed by atoms with Crippen LogP contribution in [0.25, 0.3) is 0 Å². The largest absolute Gasteiger partial charge is 0.480 e. The number of amides is 2. The average Bonchev–Trinajstić information content (AvgIpc) is 2.85. The molecule has 1 aliphatic rings. The van der Waals surface area contributed by atoms with E-state index in [4.69, 9.17) is 14.6 Å². The Bertz CT molecular complexity index is 544. The predicted octanol–water partition coefficient (Wildman–Crippen LogP) is 1.52. The van der Waals surface area contributed by atoms with Crippen LogP contribution in [-0.4, -0.2) is 41.9 Å². The number of benzene rings is 1. The van der Waals surface area contributed by atoms with Crippen molar-refractivity contribution in [3.05, 3.63) is 30.9 Å². The van der Waals surface area contributed by atoms with Crippen LogP contribution in [0.4, 0.5) is 10.5 Å². The molecule has 0 saturated carbocycles. The number of aliphatic carboxylic acids is 1. The van der Waals surface area contributed by atoms with Crippen LogP contribution in [0.15, 0.2) is 30.9 Å². The Kier molecular flexibility index (Phi) is 4.09. The molecule has 2 rings (SSSR count). The van der Waals surface area contributed by atoms with Crippen molar-refractivity contribution in [3.63, 3.8) is 0 Å². The third-order valence-electron chi connectivity index (χ3n) is 2.59. The normalized spacial score (nSPS) is 11.8. The first-order chi connectivity index (χ1) is 9.60. The number of carboxylic acids is 1. The molecule has 1 heterocycles. The highest BCUT2D eigenvalue weighted by atomic mass is 16.7. The van der Waals surface area contributed by atoms with Crippen molar-refractivity contribution in [2.45, 2.75) is 0 Å². The zero-order valence-corrected chi connectivity index (χ0v) is 10.7. The summed E-state index contributed by atoms with van der Waals surface area (Å²) in [5.74, 6) is 0.0560. The van der Waals surface area contributed by atoms with E-state index in [-0.39, 0.29) is 13.3 Å². The first kappa shape index (κ1) is 13.7. The maximum Gasteiger partial charge on any atom is 0.323 e. The van der Waals surface area contributed by atoms with Gasteiger partial charge in [0.2, 0.25) is 6.79 Å². The van der Waals surface area contributed by atoms with Gasteiger partial charge in [-0.3, -0.25) is 4.79 Å². The molecule has 0 aromatic heterocycles. The Balaban J connectivity index is 2.05. The lowest BCUT2D eigenvalue weighted by molar-refractivity contribution is -0.137. The summed E-state index contributed by atoms with van der Waals surface area (Å²) in [6.45, 7) is 3.38. The van der Waals surface area contributed by atoms with Crippen LogP contribution in [0.2, 0.25) is 0 Å². The van der Waals surface area contributed by atoms with E-state index in [0.717, 1.165) is 4.90 Å². The van der Waals surface area contributed by atoms with Crippen LogP contribution < -0.4 is 14.8 Å². The van der Waals surface area contributed by atoms with Crippen molar-refractivity contribution in [3.8, 4) is 11.5 Å². The lowest BCUT2D eigenvalue weighted by Crippen LogP contribution is -2.38. The third kappa shape index (κ3) is 3.19. The third-order valence-corrected chi connectivity index (χ3v) is 2.59. The van der Waals surface area contributed by atoms with E-state index in [9.17, 15) is 9.59 Å². The lowest BCUT2D eigenvalue weighted by Gasteiger charge is -2.19. The quantitative estimate of drug-likeness (QED) is 0.797. The Labute approximate surface area is 115 Å². The lowest BCUT2D eigenvalue weighted by atomic mass is 10.3. The number of carboxylic acid groups (broad SMARTS) is 1. The molecule has 0 aliphatic carbocycles. The summed E-state index contributed by atoms with van der Waals surface area (Å²) >= 11 is 0. The van der Waals surface area contributed by atoms with Gasteiger partial charge in [0.05, 0.1) is 0 Å². The van der Waals surface area contributed by atoms with Gasteiger partial charge in [0.25, 0.3) is 0 Å². The summed E-state index contributed by atoms with van der Waals surface area (Å²) in [4.78, 5) is 23.8. The van der Waals surface area contributed by atoms with E-state index in [1.54, 1.807) is 18.2 Å². The zero-order chi connectivity index (χ0) is 14.5. The van der Waals surface area contributed by atoms with Crippen molar-refractivity contribution >= 4 is 17.7 Å². The van der Waals surface area contributed by atoms with Gasteiger partial charge in [0, 0.05) is 18.3 Å². The Morgan fingerprint density at radius 3 is 2.85 bits per heavy atom. The molecule has 106 valence electrons. The molecule has 0 spiro atoms. The topological polar surface area (TPSA) is 88.1 Å². The fraction of sp³-hybridized carbons (Fsp3) is 0.231. The molecule has 1 aromatic carbocycles. The summed E-state index contributed by atoms with van der Waals surface area (Å²) in [5.41, 5.74) is 0.499. The van der Waals surface area contributed by atoms with E-state index in [1.165, 1.54) is 6.08 Å². The number of ether oxygens (including phenoxy) is 2. The van der Waals surface area contributed by atoms with Gasteiger partial charge in [0.15, 0.2) is 11.5 Å². The molecule has 2 amide bonds. The smallest absolute Gasteiger partial charge is 0.323 e. The maximum atomic E-state index is 12.0. The SMILES string of the molecule is C=CCN(CC(=O)O)C(=O)Nc1ccc2c(c1)OCO2. The minimum absolute atomic E-state index is 0.142. The van der Waals surface area contributed by atoms with Crippen molar-refractivity contribution < 1.29 is 24.2 Å². The van der Waals surface area contributed by atoms with Gasteiger partial charge in [-0.2, -0.15) is 0 Å². The standard InChI is InChI=1S/C13H14N2O5/c1-2-5-15(7-12(16)17)13(18)14-9-3-4-10-11(6-9)20-8-19-10/h2-4,6H,1,5,7-8H2,(H,14,18)(H,16,17). The molecule has 1 aromatic rings. The number of hydrogen-bond donors (Lipinski definition) is 2. The molecule has 20 heavy (non-hydrogen) atoms. The van der Waals surface area contributed by atoms with Crippen molar-refractivity contribution in [2.24, 2.45) is 0 Å². The number of carbonyl (C=O) groups is 2. The van der Waals surface area contributed by atoms with Crippen molar-refractivity contribution in [1.82, 2.24) is 4.90 Å². The molecule has 0 saturated heterocycles. The van der Waals surface area contributed by atoms with E-state index in [2.05, 4.69) is 11.9 Å². The van der Waals surface area contributed by atoms with E-state index in [0.29, 0.717) is 17.2 Å². The molecule has 0 bridgehead atoms. The molecular weight excluding hydrogens is 264 g/mol. The summed E-state index contributed by atoms with van der Waals surface area (Å²) < 4.78 is 10.4. The van der Waals surface area contributed by atoms with Crippen molar-refractivity contribution in [2.75, 3.05) is 25.2 Å². The molecule has 0 atom stereocenters. The average molecular weight is 278 g/mol. The highest BCUT2D eigenvalue weighted by molar-refractivity contribution is 5.91. The van der Waals surface area contributed by atoms with Crippen LogP contribution in [-0.2, 0) is 4.79 Å². The minimum atomic E-state index is -1.09. The second-order valence-corrected chi connectivity index (χ2v) is 4.06. The predicted molar refractivity (Wildman–Crippen MR) is 71.0 cm³/mol. The second-order valence-electron chi connectivity index (χ2n) is 4.06. The van der Waals surface area contributed by atoms with Crippen molar-refractivity contribution in [1.29, 1.82) is 0 Å². The zero-order valence-electron chi connectivity index (χ0n) is 10.7. The molecule has 0 unspecified atom stereocenters. The van der Waals surface area contributed by atoms with Crippen LogP contribution in [0.3, 0.4) is 0 Å². The highest BCUT2D eigenvalue weighted by Crippen LogP contribution is 2.34. The summed E-state index contributed by atoms with van der Waals surface area (Å²) in [7, 11) is 0.